The summed E-state index contributed by atoms with van der Waals surface area (Å²) in [6.07, 6.45) is 4.83. The number of anilines is 2. The van der Waals surface area contributed by atoms with Crippen molar-refractivity contribution in [1.29, 1.82) is 0 Å². The number of carboxylic acid groups (broad SMARTS) is 2. The number of aliphatic carboxylic acids is 2. The standard InChI is InChI=1S/C32H46N4O8S2.2C2H4O2/c1-45(41,42)32-28(38)16-14-25(31(32)34)30(40)21-36(18-6-4-8-23-11-9-22(10-12-23)7-3-5-17-33)20-29(39)24-13-15-27(37)26(19-24)35-46(2,43)44;2*1-2(3)4/h9-16,19,29-30,35,37-40H,3-8,17-18,20-21,33-34H2,1-2H3;2*1H3,(H,3,4)/t29-,30-;;/m0../s1. The zero-order valence-electron chi connectivity index (χ0n) is 31.0. The van der Waals surface area contributed by atoms with Crippen molar-refractivity contribution in [1.82, 2.24) is 4.90 Å². The molecule has 18 heteroatoms. The number of nitrogens with one attached hydrogen (secondary N) is 1. The Morgan fingerprint density at radius 1 is 0.759 bits per heavy atom. The van der Waals surface area contributed by atoms with Gasteiger partial charge in [0, 0.05) is 38.8 Å². The third-order valence-corrected chi connectivity index (χ3v) is 9.40. The lowest BCUT2D eigenvalue weighted by Gasteiger charge is -2.28. The molecule has 0 amide bonds. The summed E-state index contributed by atoms with van der Waals surface area (Å²) in [6.45, 7) is 3.30. The van der Waals surface area contributed by atoms with E-state index in [-0.39, 0.29) is 35.8 Å². The minimum Gasteiger partial charge on any atom is -0.507 e. The maximum absolute atomic E-state index is 12.3. The second-order valence-corrected chi connectivity index (χ2v) is 16.4. The third-order valence-electron chi connectivity index (χ3n) is 7.63. The van der Waals surface area contributed by atoms with Crippen molar-refractivity contribution >= 4 is 43.2 Å². The van der Waals surface area contributed by atoms with E-state index in [1.54, 1.807) is 4.90 Å². The molecule has 16 nitrogen and oxygen atoms in total. The van der Waals surface area contributed by atoms with Crippen LogP contribution in [0.4, 0.5) is 11.4 Å². The summed E-state index contributed by atoms with van der Waals surface area (Å²) < 4.78 is 50.2. The number of aliphatic hydroxyl groups is 2. The van der Waals surface area contributed by atoms with E-state index >= 15 is 0 Å². The van der Waals surface area contributed by atoms with E-state index in [9.17, 15) is 37.3 Å². The minimum atomic E-state index is -3.89. The van der Waals surface area contributed by atoms with Crippen LogP contribution < -0.4 is 16.2 Å². The Morgan fingerprint density at radius 2 is 1.24 bits per heavy atom. The number of nitrogens with zero attached hydrogens (tertiary/aromatic N) is 1. The van der Waals surface area contributed by atoms with Gasteiger partial charge in [-0.25, -0.2) is 16.8 Å². The summed E-state index contributed by atoms with van der Waals surface area (Å²) in [7, 11) is -7.58. The van der Waals surface area contributed by atoms with E-state index in [2.05, 4.69) is 29.0 Å². The first-order valence-electron chi connectivity index (χ1n) is 16.9. The Hall–Kier alpha value is -4.46. The molecule has 54 heavy (non-hydrogen) atoms. The van der Waals surface area contributed by atoms with E-state index < -0.39 is 54.7 Å². The molecule has 0 unspecified atom stereocenters. The van der Waals surface area contributed by atoms with Gasteiger partial charge in [0.1, 0.15) is 16.4 Å². The van der Waals surface area contributed by atoms with E-state index in [1.807, 2.05) is 0 Å². The van der Waals surface area contributed by atoms with Crippen molar-refractivity contribution in [2.45, 2.75) is 69.5 Å². The fraction of sp³-hybridized carbons (Fsp3) is 0.444. The topological polar surface area (TPSA) is 291 Å². The Morgan fingerprint density at radius 3 is 1.72 bits per heavy atom. The van der Waals surface area contributed by atoms with Crippen LogP contribution in [0.5, 0.6) is 11.5 Å². The van der Waals surface area contributed by atoms with Crippen molar-refractivity contribution in [3.8, 4) is 11.5 Å². The Labute approximate surface area is 317 Å². The summed E-state index contributed by atoms with van der Waals surface area (Å²) >= 11 is 0. The third kappa shape index (κ3) is 18.5. The van der Waals surface area contributed by atoms with Gasteiger partial charge in [-0.2, -0.15) is 0 Å². The second-order valence-electron chi connectivity index (χ2n) is 12.7. The van der Waals surface area contributed by atoms with Gasteiger partial charge in [0.15, 0.2) is 9.84 Å². The van der Waals surface area contributed by atoms with E-state index in [0.29, 0.717) is 25.1 Å². The number of unbranched alkanes of at least 4 members (excludes halogenated alkanes) is 2. The van der Waals surface area contributed by atoms with Gasteiger partial charge in [-0.1, -0.05) is 36.4 Å². The number of carbonyl (C=O) groups is 2. The van der Waals surface area contributed by atoms with Gasteiger partial charge in [0.25, 0.3) is 11.9 Å². The first-order chi connectivity index (χ1) is 25.0. The summed E-state index contributed by atoms with van der Waals surface area (Å²) in [5.41, 5.74) is 14.3. The lowest BCUT2D eigenvalue weighted by atomic mass is 10.0. The molecule has 0 radical (unpaired) electrons. The molecule has 0 aliphatic rings. The summed E-state index contributed by atoms with van der Waals surface area (Å²) in [5, 5.41) is 57.4. The highest BCUT2D eigenvalue weighted by molar-refractivity contribution is 7.92. The molecule has 302 valence electrons. The molecule has 0 heterocycles. The van der Waals surface area contributed by atoms with E-state index in [1.165, 1.54) is 41.5 Å². The van der Waals surface area contributed by atoms with Crippen LogP contribution >= 0.6 is 0 Å². The summed E-state index contributed by atoms with van der Waals surface area (Å²) in [6, 6.07) is 15.1. The first kappa shape index (κ1) is 47.6. The van der Waals surface area contributed by atoms with E-state index in [4.69, 9.17) is 31.3 Å². The number of aromatic hydroxyl groups is 2. The predicted octanol–water partition coefficient (Wildman–Crippen LogP) is 3.01. The molecular weight excluding hydrogens is 745 g/mol. The van der Waals surface area contributed by atoms with Crippen molar-refractivity contribution < 1.29 is 57.1 Å². The SMILES string of the molecule is CC(=O)O.CC(=O)O.CS(=O)(=O)Nc1cc([C@@H](O)CN(CCCCc2ccc(CCCCN)cc2)C[C@H](O)c2ccc(O)c(S(C)(=O)=O)c2N)ccc1O. The van der Waals surface area contributed by atoms with Crippen molar-refractivity contribution in [2.24, 2.45) is 5.73 Å². The highest BCUT2D eigenvalue weighted by Gasteiger charge is 2.25. The number of aryl methyl sites for hydroxylation is 2. The number of benzene rings is 3. The number of hydrogen-bond donors (Lipinski definition) is 9. The van der Waals surface area contributed by atoms with Crippen molar-refractivity contribution in [3.63, 3.8) is 0 Å². The number of rotatable bonds is 18. The Balaban J connectivity index is 0.00000165. The van der Waals surface area contributed by atoms with Gasteiger partial charge in [-0.3, -0.25) is 19.2 Å². The lowest BCUT2D eigenvalue weighted by Crippen LogP contribution is -2.34. The van der Waals surface area contributed by atoms with Gasteiger partial charge in [-0.15, -0.1) is 0 Å². The molecule has 0 spiro atoms. The Kier molecular flexibility index (Phi) is 20.0. The zero-order chi connectivity index (χ0) is 41.2. The average Bonchev–Trinajstić information content (AvgIpc) is 3.03. The van der Waals surface area contributed by atoms with Crippen LogP contribution in [0, 0.1) is 0 Å². The molecule has 0 saturated heterocycles. The number of carboxylic acids is 2. The largest absolute Gasteiger partial charge is 0.507 e. The minimum absolute atomic E-state index is 0.0224. The number of aliphatic hydroxyl groups excluding tert-OH is 2. The molecule has 0 aliphatic heterocycles. The van der Waals surface area contributed by atoms with Crippen LogP contribution in [0.15, 0.2) is 59.5 Å². The second kappa shape index (κ2) is 22.7. The molecule has 0 fully saturated rings. The summed E-state index contributed by atoms with van der Waals surface area (Å²) in [5.74, 6) is -2.49. The molecule has 3 aromatic rings. The fourth-order valence-corrected chi connectivity index (χ4v) is 6.81. The van der Waals surface area contributed by atoms with Gasteiger partial charge in [0.05, 0.1) is 29.8 Å². The maximum Gasteiger partial charge on any atom is 0.300 e. The maximum atomic E-state index is 12.3. The van der Waals surface area contributed by atoms with Crippen LogP contribution in [0.1, 0.15) is 74.0 Å². The molecule has 3 rings (SSSR count). The zero-order valence-corrected chi connectivity index (χ0v) is 32.6. The molecule has 3 aromatic carbocycles. The van der Waals surface area contributed by atoms with Gasteiger partial charge in [0.2, 0.25) is 10.0 Å². The normalized spacial score (nSPS) is 12.4. The highest BCUT2D eigenvalue weighted by Crippen LogP contribution is 2.35. The van der Waals surface area contributed by atoms with Crippen LogP contribution in [-0.2, 0) is 42.3 Å². The number of nitrogens with two attached hydrogens (primary N) is 2. The smallest absolute Gasteiger partial charge is 0.300 e. The number of nitrogen functional groups attached to an aromatic ring is 1. The quantitative estimate of drug-likeness (QED) is 0.0508. The van der Waals surface area contributed by atoms with Crippen molar-refractivity contribution in [2.75, 3.05) is 49.1 Å². The first-order valence-corrected chi connectivity index (χ1v) is 20.7. The fourth-order valence-electron chi connectivity index (χ4n) is 5.29. The van der Waals surface area contributed by atoms with Gasteiger partial charge >= 0.3 is 0 Å². The number of sulfonamides is 1. The monoisotopic (exact) mass is 798 g/mol. The Bertz CT molecular complexity index is 1850. The van der Waals surface area contributed by atoms with Crippen LogP contribution in [0.2, 0.25) is 0 Å². The van der Waals surface area contributed by atoms with Crippen LogP contribution in [0.25, 0.3) is 0 Å². The highest BCUT2D eigenvalue weighted by atomic mass is 32.2. The van der Waals surface area contributed by atoms with Crippen LogP contribution in [0.3, 0.4) is 0 Å². The van der Waals surface area contributed by atoms with Crippen molar-refractivity contribution in [3.05, 3.63) is 76.9 Å². The molecule has 0 bridgehead atoms. The number of hydrogen-bond acceptors (Lipinski definition) is 13. The lowest BCUT2D eigenvalue weighted by molar-refractivity contribution is -0.135. The van der Waals surface area contributed by atoms with E-state index in [0.717, 1.165) is 58.5 Å². The number of phenolic OH excluding ortho intramolecular Hbond substituents is 2. The molecule has 2 atom stereocenters. The predicted molar refractivity (Wildman–Crippen MR) is 207 cm³/mol. The number of sulfone groups is 1. The average molecular weight is 799 g/mol. The molecule has 0 aliphatic carbocycles. The molecule has 0 aromatic heterocycles. The molecule has 0 saturated carbocycles. The van der Waals surface area contributed by atoms with Crippen LogP contribution in [-0.4, -0.2) is 103 Å². The number of phenols is 2. The van der Waals surface area contributed by atoms with Gasteiger partial charge < -0.3 is 42.1 Å². The molecule has 11 N–H and O–H groups in total. The molecular formula is C36H54N4O12S2. The van der Waals surface area contributed by atoms with Gasteiger partial charge in [-0.05, 0) is 86.5 Å². The summed E-state index contributed by atoms with van der Waals surface area (Å²) in [4.78, 5) is 19.3.